The van der Waals surface area contributed by atoms with E-state index in [1.165, 1.54) is 29.4 Å². The lowest BCUT2D eigenvalue weighted by atomic mass is 9.98. The number of hydrogen-bond donors (Lipinski definition) is 5. The molecule has 1 fully saturated rings. The van der Waals surface area contributed by atoms with Crippen LogP contribution in [0.4, 0.5) is 5.82 Å². The minimum Gasteiger partial charge on any atom is -0.387 e. The Morgan fingerprint density at radius 1 is 1.16 bits per heavy atom. The summed E-state index contributed by atoms with van der Waals surface area (Å²) in [4.78, 5) is 43.4. The molecule has 0 radical (unpaired) electrons. The second-order valence-electron chi connectivity index (χ2n) is 6.80. The third-order valence-electron chi connectivity index (χ3n) is 4.80. The molecule has 1 aliphatic heterocycles. The first-order chi connectivity index (χ1) is 14.7. The largest absolute Gasteiger partial charge is 0.470 e. The second kappa shape index (κ2) is 8.05. The number of carbonyl (C=O) groups excluding carboxylic acids is 1. The Balaban J connectivity index is 1.70. The molecule has 2 aromatic heterocycles. The molecule has 0 saturated carbocycles. The molecule has 5 atom stereocenters. The van der Waals surface area contributed by atoms with Crippen LogP contribution in [0.15, 0.2) is 43.0 Å². The molecule has 164 valence electrons. The van der Waals surface area contributed by atoms with E-state index in [9.17, 15) is 29.4 Å². The zero-order valence-electron chi connectivity index (χ0n) is 15.7. The van der Waals surface area contributed by atoms with Crippen molar-refractivity contribution < 1.29 is 38.6 Å². The van der Waals surface area contributed by atoms with Crippen LogP contribution in [-0.4, -0.2) is 69.7 Å². The van der Waals surface area contributed by atoms with Gasteiger partial charge in [0.1, 0.15) is 30.2 Å². The molecule has 1 unspecified atom stereocenters. The first-order valence-corrected chi connectivity index (χ1v) is 10.5. The van der Waals surface area contributed by atoms with E-state index in [0.29, 0.717) is 0 Å². The highest BCUT2D eigenvalue weighted by molar-refractivity contribution is 7.46. The highest BCUT2D eigenvalue weighted by atomic mass is 31.2. The van der Waals surface area contributed by atoms with E-state index in [-0.39, 0.29) is 22.5 Å². The molecule has 1 aliphatic rings. The summed E-state index contributed by atoms with van der Waals surface area (Å²) in [5, 5.41) is 21.1. The third-order valence-corrected chi connectivity index (χ3v) is 5.30. The maximum Gasteiger partial charge on any atom is 0.470 e. The van der Waals surface area contributed by atoms with Gasteiger partial charge in [0.05, 0.1) is 6.33 Å². The quantitative estimate of drug-likeness (QED) is 0.235. The van der Waals surface area contributed by atoms with E-state index in [4.69, 9.17) is 10.5 Å². The van der Waals surface area contributed by atoms with Crippen LogP contribution in [-0.2, 0) is 13.8 Å². The Bertz CT molecular complexity index is 1150. The maximum absolute atomic E-state index is 12.9. The lowest BCUT2D eigenvalue weighted by molar-refractivity contribution is -0.0709. The fraction of sp³-hybridized carbons (Fsp3) is 0.294. The van der Waals surface area contributed by atoms with Crippen LogP contribution in [0.3, 0.4) is 0 Å². The number of rotatable bonds is 6. The number of aliphatic hydroxyl groups excluding tert-OH is 2. The molecule has 4 rings (SSSR count). The number of Topliss-reactive ketones (excluding diaryl/α,β-unsaturated/α-hetero) is 1. The molecule has 0 bridgehead atoms. The van der Waals surface area contributed by atoms with Gasteiger partial charge in [0.15, 0.2) is 29.6 Å². The lowest BCUT2D eigenvalue weighted by Crippen LogP contribution is -2.44. The van der Waals surface area contributed by atoms with Gasteiger partial charge < -0.3 is 30.5 Å². The molecule has 6 N–H and O–H groups in total. The average Bonchev–Trinajstić information content (AvgIpc) is 3.28. The van der Waals surface area contributed by atoms with Crippen LogP contribution in [0, 0.1) is 0 Å². The molecule has 13 nitrogen and oxygen atoms in total. The number of hydrogen-bond acceptors (Lipinski definition) is 10. The van der Waals surface area contributed by atoms with Gasteiger partial charge in [0.2, 0.25) is 0 Å². The number of aliphatic hydroxyl groups is 2. The van der Waals surface area contributed by atoms with Crippen LogP contribution in [0.5, 0.6) is 0 Å². The summed E-state index contributed by atoms with van der Waals surface area (Å²) in [7, 11) is -5.17. The Hall–Kier alpha value is -2.77. The summed E-state index contributed by atoms with van der Waals surface area (Å²) >= 11 is 0. The van der Waals surface area contributed by atoms with Crippen LogP contribution >= 0.6 is 7.82 Å². The van der Waals surface area contributed by atoms with Crippen molar-refractivity contribution in [2.45, 2.75) is 30.6 Å². The fourth-order valence-electron chi connectivity index (χ4n) is 3.39. The van der Waals surface area contributed by atoms with E-state index < -0.39 is 44.2 Å². The Labute approximate surface area is 174 Å². The monoisotopic (exact) mass is 451 g/mol. The number of ether oxygens (including phenoxy) is 1. The van der Waals surface area contributed by atoms with Crippen molar-refractivity contribution in [2.24, 2.45) is 0 Å². The summed E-state index contributed by atoms with van der Waals surface area (Å²) in [5.74, 6) is -0.766. The van der Waals surface area contributed by atoms with Gasteiger partial charge in [-0.25, -0.2) is 19.5 Å². The van der Waals surface area contributed by atoms with E-state index >= 15 is 0 Å². The molecular formula is C17H18N5O8P. The number of phosphoric ester groups is 1. The minimum atomic E-state index is -5.17. The first-order valence-electron chi connectivity index (χ1n) is 8.95. The first kappa shape index (κ1) is 21.5. The van der Waals surface area contributed by atoms with E-state index in [1.54, 1.807) is 18.2 Å². The van der Waals surface area contributed by atoms with Crippen LogP contribution in [0.2, 0.25) is 0 Å². The molecule has 0 spiro atoms. The highest BCUT2D eigenvalue weighted by Gasteiger charge is 2.51. The number of nitrogens with two attached hydrogens (primary N) is 1. The van der Waals surface area contributed by atoms with Crippen molar-refractivity contribution in [1.29, 1.82) is 0 Å². The molecular weight excluding hydrogens is 433 g/mol. The molecule has 3 heterocycles. The SMILES string of the molecule is Nc1ncnc2c1ncn2[C@@H]1O[C@H](C(OP(=O)(O)O)C(=O)c2ccccc2)[C@@H](O)[C@H]1O. The van der Waals surface area contributed by atoms with Crippen molar-refractivity contribution in [1.82, 2.24) is 19.5 Å². The maximum atomic E-state index is 12.9. The fourth-order valence-corrected chi connectivity index (χ4v) is 3.91. The zero-order valence-corrected chi connectivity index (χ0v) is 16.6. The Morgan fingerprint density at radius 2 is 1.87 bits per heavy atom. The van der Waals surface area contributed by atoms with Crippen molar-refractivity contribution in [3.8, 4) is 0 Å². The van der Waals surface area contributed by atoms with Gasteiger partial charge in [0.25, 0.3) is 0 Å². The standard InChI is InChI=1S/C17H18N5O8P/c18-15-9-16(20-6-19-15)22(7-21-9)17-12(25)11(24)13(29-17)14(30-31(26,27)28)10(23)8-4-2-1-3-5-8/h1-7,11-14,17,24-25H,(H2,18,19,20)(H2,26,27,28)/t11-,12+,13-,14?,17+/m0/s1. The minimum absolute atomic E-state index is 0.0725. The predicted octanol–water partition coefficient (Wildman–Crippen LogP) is -0.612. The zero-order chi connectivity index (χ0) is 22.3. The van der Waals surface area contributed by atoms with Crippen molar-refractivity contribution in [3.63, 3.8) is 0 Å². The molecule has 31 heavy (non-hydrogen) atoms. The van der Waals surface area contributed by atoms with Gasteiger partial charge in [0, 0.05) is 5.56 Å². The Morgan fingerprint density at radius 3 is 2.55 bits per heavy atom. The summed E-state index contributed by atoms with van der Waals surface area (Å²) in [6.45, 7) is 0. The number of anilines is 1. The van der Waals surface area contributed by atoms with E-state index in [2.05, 4.69) is 19.5 Å². The number of nitrogen functional groups attached to an aromatic ring is 1. The van der Waals surface area contributed by atoms with E-state index in [1.807, 2.05) is 0 Å². The number of aromatic nitrogens is 4. The number of carbonyl (C=O) groups is 1. The topological polar surface area (TPSA) is 203 Å². The molecule has 1 aromatic carbocycles. The van der Waals surface area contributed by atoms with Gasteiger partial charge >= 0.3 is 7.82 Å². The average molecular weight is 451 g/mol. The number of phosphoric acid groups is 1. The van der Waals surface area contributed by atoms with Crippen molar-refractivity contribution >= 4 is 30.6 Å². The number of imidazole rings is 1. The van der Waals surface area contributed by atoms with Gasteiger partial charge in [-0.15, -0.1) is 0 Å². The van der Waals surface area contributed by atoms with E-state index in [0.717, 1.165) is 0 Å². The number of fused-ring (bicyclic) bond motifs is 1. The number of nitrogens with zero attached hydrogens (tertiary/aromatic N) is 4. The summed E-state index contributed by atoms with van der Waals surface area (Å²) in [6.07, 6.45) is -5.74. The molecule has 0 amide bonds. The van der Waals surface area contributed by atoms with Crippen molar-refractivity contribution in [2.75, 3.05) is 5.73 Å². The molecule has 0 aliphatic carbocycles. The smallest absolute Gasteiger partial charge is 0.387 e. The van der Waals surface area contributed by atoms with Crippen molar-refractivity contribution in [3.05, 3.63) is 48.5 Å². The van der Waals surface area contributed by atoms with Gasteiger partial charge in [-0.05, 0) is 0 Å². The van der Waals surface area contributed by atoms with Crippen LogP contribution < -0.4 is 5.73 Å². The Kier molecular flexibility index (Phi) is 5.58. The lowest BCUT2D eigenvalue weighted by Gasteiger charge is -2.25. The highest BCUT2D eigenvalue weighted by Crippen LogP contribution is 2.43. The van der Waals surface area contributed by atoms with Crippen LogP contribution in [0.1, 0.15) is 16.6 Å². The van der Waals surface area contributed by atoms with Gasteiger partial charge in [-0.1, -0.05) is 30.3 Å². The predicted molar refractivity (Wildman–Crippen MR) is 103 cm³/mol. The summed E-state index contributed by atoms with van der Waals surface area (Å²) in [6, 6.07) is 7.57. The molecule has 1 saturated heterocycles. The number of benzene rings is 1. The molecule has 3 aromatic rings. The van der Waals surface area contributed by atoms with Gasteiger partial charge in [-0.2, -0.15) is 0 Å². The second-order valence-corrected chi connectivity index (χ2v) is 7.99. The van der Waals surface area contributed by atoms with Gasteiger partial charge in [-0.3, -0.25) is 13.9 Å². The number of ketones is 1. The normalized spacial score (nSPS) is 25.0. The third kappa shape index (κ3) is 4.07. The van der Waals surface area contributed by atoms with Crippen LogP contribution in [0.25, 0.3) is 11.2 Å². The summed E-state index contributed by atoms with van der Waals surface area (Å²) in [5.41, 5.74) is 6.23. The summed E-state index contributed by atoms with van der Waals surface area (Å²) < 4.78 is 23.1. The molecule has 14 heteroatoms.